The molecule has 1 aromatic carbocycles. The third kappa shape index (κ3) is 3.83. The Morgan fingerprint density at radius 2 is 1.88 bits per heavy atom. The number of rotatable bonds is 5. The van der Waals surface area contributed by atoms with Crippen molar-refractivity contribution in [1.29, 1.82) is 0 Å². The summed E-state index contributed by atoms with van der Waals surface area (Å²) in [7, 11) is 0. The lowest BCUT2D eigenvalue weighted by molar-refractivity contribution is -0.131. The molecule has 1 fully saturated rings. The first-order valence-electron chi connectivity index (χ1n) is 8.69. The number of thiophene rings is 1. The third-order valence-corrected chi connectivity index (χ3v) is 6.29. The van der Waals surface area contributed by atoms with E-state index in [1.807, 2.05) is 52.7 Å². The number of carbonyl (C=O) groups excluding carboxylic acids is 1. The molecule has 2 aromatic heterocycles. The molecule has 1 atom stereocenters. The van der Waals surface area contributed by atoms with Gasteiger partial charge in [0.1, 0.15) is 5.25 Å². The normalized spacial score (nSPS) is 15.8. The number of aromatic nitrogens is 2. The molecule has 0 N–H and O–H groups in total. The average molecular weight is 386 g/mol. The first kappa shape index (κ1) is 17.3. The quantitative estimate of drug-likeness (QED) is 0.599. The first-order valence-corrected chi connectivity index (χ1v) is 10.4. The Labute approximate surface area is 160 Å². The standard InChI is InChI=1S/C19H19N3O2S2/c23-18(22-11-5-2-6-12-22)16(14-8-3-1-4-9-14)26-19-21-20-17(24-19)15-10-7-13-25-15/h1,3-4,7-10,13,16H,2,5-6,11-12H2/t16-/m0/s1. The summed E-state index contributed by atoms with van der Waals surface area (Å²) in [4.78, 5) is 16.1. The molecule has 26 heavy (non-hydrogen) atoms. The van der Waals surface area contributed by atoms with Gasteiger partial charge in [-0.1, -0.05) is 36.4 Å². The minimum absolute atomic E-state index is 0.122. The van der Waals surface area contributed by atoms with Crippen LogP contribution in [0.3, 0.4) is 0 Å². The number of hydrogen-bond donors (Lipinski definition) is 0. The van der Waals surface area contributed by atoms with Crippen LogP contribution in [-0.4, -0.2) is 34.1 Å². The van der Waals surface area contributed by atoms with Crippen molar-refractivity contribution < 1.29 is 9.21 Å². The van der Waals surface area contributed by atoms with Crippen molar-refractivity contribution in [3.05, 3.63) is 53.4 Å². The maximum atomic E-state index is 13.2. The lowest BCUT2D eigenvalue weighted by Gasteiger charge is -2.29. The van der Waals surface area contributed by atoms with Crippen LogP contribution in [0.25, 0.3) is 10.8 Å². The highest BCUT2D eigenvalue weighted by atomic mass is 32.2. The molecule has 4 rings (SSSR count). The van der Waals surface area contributed by atoms with Crippen LogP contribution in [0.4, 0.5) is 0 Å². The summed E-state index contributed by atoms with van der Waals surface area (Å²) in [5.41, 5.74) is 0.962. The van der Waals surface area contributed by atoms with Crippen molar-refractivity contribution in [2.24, 2.45) is 0 Å². The van der Waals surface area contributed by atoms with Gasteiger partial charge in [0.15, 0.2) is 0 Å². The van der Waals surface area contributed by atoms with Gasteiger partial charge in [-0.25, -0.2) is 0 Å². The van der Waals surface area contributed by atoms with E-state index < -0.39 is 0 Å². The molecule has 1 aliphatic rings. The van der Waals surface area contributed by atoms with Crippen LogP contribution in [-0.2, 0) is 4.79 Å². The molecule has 134 valence electrons. The molecule has 1 amide bonds. The van der Waals surface area contributed by atoms with Crippen LogP contribution < -0.4 is 0 Å². The summed E-state index contributed by atoms with van der Waals surface area (Å²) in [5.74, 6) is 0.622. The zero-order valence-corrected chi connectivity index (χ0v) is 15.8. The molecule has 7 heteroatoms. The number of nitrogens with zero attached hydrogens (tertiary/aromatic N) is 3. The highest BCUT2D eigenvalue weighted by Gasteiger charge is 2.29. The second-order valence-electron chi connectivity index (χ2n) is 6.14. The Balaban J connectivity index is 1.58. The van der Waals surface area contributed by atoms with Gasteiger partial charge >= 0.3 is 0 Å². The van der Waals surface area contributed by atoms with E-state index in [0.29, 0.717) is 11.1 Å². The summed E-state index contributed by atoms with van der Waals surface area (Å²) in [6, 6.07) is 13.7. The maximum Gasteiger partial charge on any atom is 0.278 e. The van der Waals surface area contributed by atoms with Gasteiger partial charge in [0.2, 0.25) is 5.91 Å². The number of likely N-dealkylation sites (tertiary alicyclic amines) is 1. The number of hydrogen-bond acceptors (Lipinski definition) is 6. The van der Waals surface area contributed by atoms with E-state index in [0.717, 1.165) is 36.4 Å². The smallest absolute Gasteiger partial charge is 0.278 e. The van der Waals surface area contributed by atoms with Crippen LogP contribution in [0.5, 0.6) is 0 Å². The molecule has 0 saturated carbocycles. The van der Waals surface area contributed by atoms with Crippen LogP contribution in [0, 0.1) is 0 Å². The minimum Gasteiger partial charge on any atom is -0.410 e. The van der Waals surface area contributed by atoms with Gasteiger partial charge in [0.05, 0.1) is 4.88 Å². The number of thioether (sulfide) groups is 1. The Bertz CT molecular complexity index is 843. The molecule has 5 nitrogen and oxygen atoms in total. The van der Waals surface area contributed by atoms with E-state index in [1.165, 1.54) is 18.2 Å². The number of carbonyl (C=O) groups is 1. The maximum absolute atomic E-state index is 13.2. The van der Waals surface area contributed by atoms with Gasteiger partial charge in [-0.15, -0.1) is 21.5 Å². The average Bonchev–Trinajstić information content (AvgIpc) is 3.39. The summed E-state index contributed by atoms with van der Waals surface area (Å²) >= 11 is 2.89. The molecule has 0 bridgehead atoms. The molecular formula is C19H19N3O2S2. The monoisotopic (exact) mass is 385 g/mol. The molecular weight excluding hydrogens is 366 g/mol. The molecule has 0 aliphatic carbocycles. The van der Waals surface area contributed by atoms with Crippen molar-refractivity contribution in [2.75, 3.05) is 13.1 Å². The van der Waals surface area contributed by atoms with Crippen molar-refractivity contribution >= 4 is 29.0 Å². The van der Waals surface area contributed by atoms with Gasteiger partial charge in [0.25, 0.3) is 11.1 Å². The topological polar surface area (TPSA) is 59.2 Å². The predicted molar refractivity (Wildman–Crippen MR) is 103 cm³/mol. The van der Waals surface area contributed by atoms with Crippen molar-refractivity contribution in [2.45, 2.75) is 29.7 Å². The highest BCUT2D eigenvalue weighted by Crippen LogP contribution is 2.38. The summed E-state index contributed by atoms with van der Waals surface area (Å²) in [5, 5.41) is 10.3. The fourth-order valence-electron chi connectivity index (χ4n) is 3.03. The molecule has 3 aromatic rings. The van der Waals surface area contributed by atoms with Gasteiger partial charge < -0.3 is 9.32 Å². The largest absolute Gasteiger partial charge is 0.410 e. The fraction of sp³-hybridized carbons (Fsp3) is 0.316. The zero-order valence-electron chi connectivity index (χ0n) is 14.2. The van der Waals surface area contributed by atoms with Crippen molar-refractivity contribution in [1.82, 2.24) is 15.1 Å². The van der Waals surface area contributed by atoms with E-state index >= 15 is 0 Å². The highest BCUT2D eigenvalue weighted by molar-refractivity contribution is 8.00. The number of benzene rings is 1. The van der Waals surface area contributed by atoms with Crippen LogP contribution >= 0.6 is 23.1 Å². The van der Waals surface area contributed by atoms with E-state index in [1.54, 1.807) is 11.3 Å². The summed E-state index contributed by atoms with van der Waals surface area (Å²) in [6.45, 7) is 1.65. The summed E-state index contributed by atoms with van der Waals surface area (Å²) in [6.07, 6.45) is 3.34. The van der Waals surface area contributed by atoms with E-state index in [-0.39, 0.29) is 11.2 Å². The van der Waals surface area contributed by atoms with Crippen LogP contribution in [0.15, 0.2) is 57.5 Å². The molecule has 0 unspecified atom stereocenters. The SMILES string of the molecule is O=C([C@@H](Sc1nnc(-c2cccs2)o1)c1ccccc1)N1CCCCC1. The Morgan fingerprint density at radius 1 is 1.08 bits per heavy atom. The van der Waals surface area contributed by atoms with Gasteiger partial charge in [-0.05, 0) is 48.0 Å². The lowest BCUT2D eigenvalue weighted by atomic mass is 10.1. The molecule has 0 radical (unpaired) electrons. The zero-order chi connectivity index (χ0) is 17.8. The molecule has 1 saturated heterocycles. The van der Waals surface area contributed by atoms with E-state index in [2.05, 4.69) is 10.2 Å². The molecule has 1 aliphatic heterocycles. The second-order valence-corrected chi connectivity index (χ2v) is 8.15. The Morgan fingerprint density at radius 3 is 2.62 bits per heavy atom. The summed E-state index contributed by atoms with van der Waals surface area (Å²) < 4.78 is 5.80. The fourth-order valence-corrected chi connectivity index (χ4v) is 4.63. The van der Waals surface area contributed by atoms with Crippen molar-refractivity contribution in [3.63, 3.8) is 0 Å². The minimum atomic E-state index is -0.370. The number of piperidine rings is 1. The third-order valence-electron chi connectivity index (χ3n) is 4.35. The molecule has 0 spiro atoms. The first-order chi connectivity index (χ1) is 12.8. The number of amides is 1. The van der Waals surface area contributed by atoms with Crippen molar-refractivity contribution in [3.8, 4) is 10.8 Å². The van der Waals surface area contributed by atoms with Crippen LogP contribution in [0.2, 0.25) is 0 Å². The molecule has 3 heterocycles. The second kappa shape index (κ2) is 8.05. The van der Waals surface area contributed by atoms with Crippen LogP contribution in [0.1, 0.15) is 30.1 Å². The van der Waals surface area contributed by atoms with E-state index in [9.17, 15) is 4.79 Å². The predicted octanol–water partition coefficient (Wildman–Crippen LogP) is 4.64. The lowest BCUT2D eigenvalue weighted by Crippen LogP contribution is -2.38. The van der Waals surface area contributed by atoms with E-state index in [4.69, 9.17) is 4.42 Å². The van der Waals surface area contributed by atoms with Gasteiger partial charge in [-0.2, -0.15) is 0 Å². The Kier molecular flexibility index (Phi) is 5.36. The van der Waals surface area contributed by atoms with Gasteiger partial charge in [0, 0.05) is 13.1 Å². The Hall–Kier alpha value is -2.12. The van der Waals surface area contributed by atoms with Gasteiger partial charge in [-0.3, -0.25) is 4.79 Å².